The zero-order valence-corrected chi connectivity index (χ0v) is 11.3. The van der Waals surface area contributed by atoms with Gasteiger partial charge in [-0.25, -0.2) is 9.36 Å². The van der Waals surface area contributed by atoms with Crippen molar-refractivity contribution < 1.29 is 9.32 Å². The maximum atomic E-state index is 12.3. The molecule has 6 nitrogen and oxygen atoms in total. The fourth-order valence-corrected chi connectivity index (χ4v) is 1.70. The molecule has 0 saturated carbocycles. The average Bonchev–Trinajstić information content (AvgIpc) is 2.87. The lowest BCUT2D eigenvalue weighted by atomic mass is 10.1. The monoisotopic (exact) mass is 287 g/mol. The van der Waals surface area contributed by atoms with Crippen LogP contribution in [0.1, 0.15) is 28.7 Å². The van der Waals surface area contributed by atoms with Gasteiger partial charge in [-0.2, -0.15) is 5.26 Å². The molecule has 0 N–H and O–H groups in total. The van der Waals surface area contributed by atoms with Gasteiger partial charge in [-0.3, -0.25) is 9.32 Å². The maximum Gasteiger partial charge on any atom is 0.446 e. The molecule has 0 saturated heterocycles. The number of thiol groups is 1. The molecule has 0 aliphatic carbocycles. The van der Waals surface area contributed by atoms with Crippen LogP contribution >= 0.6 is 12.6 Å². The molecule has 0 spiro atoms. The van der Waals surface area contributed by atoms with Crippen LogP contribution in [0.25, 0.3) is 5.70 Å². The standard InChI is InChI=1S/C13H9N3O3S/c1-8(7-20)16-12(15-19-13(16)18)11(17)10-4-2-9(6-14)3-5-10/h2-5,7,20H,1H3/b8-7-. The predicted molar refractivity (Wildman–Crippen MR) is 74.3 cm³/mol. The van der Waals surface area contributed by atoms with Crippen LogP contribution in [0.2, 0.25) is 0 Å². The van der Waals surface area contributed by atoms with Gasteiger partial charge < -0.3 is 0 Å². The van der Waals surface area contributed by atoms with Crippen LogP contribution in [0.5, 0.6) is 0 Å². The largest absolute Gasteiger partial charge is 0.446 e. The number of nitrogens with zero attached hydrogens (tertiary/aromatic N) is 3. The highest BCUT2D eigenvalue weighted by atomic mass is 32.1. The van der Waals surface area contributed by atoms with Crippen molar-refractivity contribution in [3.05, 3.63) is 57.2 Å². The molecule has 1 aromatic carbocycles. The van der Waals surface area contributed by atoms with Gasteiger partial charge in [0, 0.05) is 11.3 Å². The molecule has 0 radical (unpaired) electrons. The van der Waals surface area contributed by atoms with Gasteiger partial charge in [-0.15, -0.1) is 12.6 Å². The van der Waals surface area contributed by atoms with Crippen molar-refractivity contribution >= 4 is 24.1 Å². The van der Waals surface area contributed by atoms with E-state index in [9.17, 15) is 9.59 Å². The zero-order valence-electron chi connectivity index (χ0n) is 10.4. The number of rotatable bonds is 3. The van der Waals surface area contributed by atoms with E-state index in [0.29, 0.717) is 16.8 Å². The first-order valence-electron chi connectivity index (χ1n) is 5.53. The molecular formula is C13H9N3O3S. The van der Waals surface area contributed by atoms with Crippen LogP contribution in [-0.4, -0.2) is 15.5 Å². The van der Waals surface area contributed by atoms with E-state index in [1.807, 2.05) is 6.07 Å². The molecule has 0 atom stereocenters. The number of carbonyl (C=O) groups excluding carboxylic acids is 1. The number of allylic oxidation sites excluding steroid dienone is 1. The number of hydrogen-bond donors (Lipinski definition) is 1. The topological polar surface area (TPSA) is 88.9 Å². The van der Waals surface area contributed by atoms with Gasteiger partial charge in [0.15, 0.2) is 0 Å². The van der Waals surface area contributed by atoms with Crippen molar-refractivity contribution in [2.75, 3.05) is 0 Å². The third kappa shape index (κ3) is 2.41. The lowest BCUT2D eigenvalue weighted by Crippen LogP contribution is -2.18. The maximum absolute atomic E-state index is 12.3. The first-order valence-corrected chi connectivity index (χ1v) is 6.05. The predicted octanol–water partition coefficient (Wildman–Crippen LogP) is 1.69. The smallest absolute Gasteiger partial charge is 0.295 e. The summed E-state index contributed by atoms with van der Waals surface area (Å²) in [5.74, 6) is -1.37. The minimum Gasteiger partial charge on any atom is -0.295 e. The van der Waals surface area contributed by atoms with E-state index in [1.54, 1.807) is 6.92 Å². The summed E-state index contributed by atoms with van der Waals surface area (Å²) in [5.41, 5.74) is 1.15. The summed E-state index contributed by atoms with van der Waals surface area (Å²) in [6.07, 6.45) is 0. The number of carbonyl (C=O) groups is 1. The van der Waals surface area contributed by atoms with Crippen molar-refractivity contribution in [1.29, 1.82) is 5.26 Å². The second-order valence-corrected chi connectivity index (χ2v) is 4.15. The van der Waals surface area contributed by atoms with E-state index in [-0.39, 0.29) is 5.82 Å². The number of hydrogen-bond acceptors (Lipinski definition) is 6. The Labute approximate surface area is 119 Å². The Morgan fingerprint density at radius 1 is 1.45 bits per heavy atom. The van der Waals surface area contributed by atoms with Gasteiger partial charge in [0.2, 0.25) is 11.6 Å². The Morgan fingerprint density at radius 2 is 2.10 bits per heavy atom. The van der Waals surface area contributed by atoms with Crippen LogP contribution in [-0.2, 0) is 0 Å². The van der Waals surface area contributed by atoms with Crippen molar-refractivity contribution in [3.8, 4) is 6.07 Å². The fraction of sp³-hybridized carbons (Fsp3) is 0.0769. The second kappa shape index (κ2) is 5.59. The highest BCUT2D eigenvalue weighted by Gasteiger charge is 2.20. The van der Waals surface area contributed by atoms with Crippen molar-refractivity contribution in [2.45, 2.75) is 6.92 Å². The number of nitriles is 1. The van der Waals surface area contributed by atoms with Crippen LogP contribution < -0.4 is 5.76 Å². The molecule has 0 bridgehead atoms. The molecule has 0 unspecified atom stereocenters. The van der Waals surface area contributed by atoms with E-state index in [0.717, 1.165) is 4.57 Å². The van der Waals surface area contributed by atoms with E-state index in [2.05, 4.69) is 22.3 Å². The Morgan fingerprint density at radius 3 is 2.65 bits per heavy atom. The second-order valence-electron chi connectivity index (χ2n) is 3.90. The van der Waals surface area contributed by atoms with Crippen molar-refractivity contribution in [1.82, 2.24) is 9.72 Å². The quantitative estimate of drug-likeness (QED) is 0.685. The number of ketones is 1. The molecule has 2 rings (SSSR count). The van der Waals surface area contributed by atoms with Crippen LogP contribution in [0.4, 0.5) is 0 Å². The Kier molecular flexibility index (Phi) is 3.86. The highest BCUT2D eigenvalue weighted by Crippen LogP contribution is 2.12. The van der Waals surface area contributed by atoms with E-state index >= 15 is 0 Å². The number of benzene rings is 1. The Balaban J connectivity index is 2.49. The molecule has 1 aromatic heterocycles. The van der Waals surface area contributed by atoms with Crippen LogP contribution in [0, 0.1) is 11.3 Å². The summed E-state index contributed by atoms with van der Waals surface area (Å²) in [5, 5.41) is 13.6. The van der Waals surface area contributed by atoms with Crippen molar-refractivity contribution in [2.24, 2.45) is 0 Å². The zero-order chi connectivity index (χ0) is 14.7. The van der Waals surface area contributed by atoms with Crippen molar-refractivity contribution in [3.63, 3.8) is 0 Å². The molecule has 1 heterocycles. The summed E-state index contributed by atoms with van der Waals surface area (Å²) in [6.45, 7) is 1.60. The van der Waals surface area contributed by atoms with Crippen LogP contribution in [0.3, 0.4) is 0 Å². The summed E-state index contributed by atoms with van der Waals surface area (Å²) in [7, 11) is 0. The molecule has 0 fully saturated rings. The molecule has 0 amide bonds. The fourth-order valence-electron chi connectivity index (χ4n) is 1.59. The van der Waals surface area contributed by atoms with E-state index < -0.39 is 11.5 Å². The SMILES string of the molecule is C/C(=C/S)n1c(C(=O)c2ccc(C#N)cc2)noc1=O. The molecule has 20 heavy (non-hydrogen) atoms. The van der Waals surface area contributed by atoms with Crippen LogP contribution in [0.15, 0.2) is 39.0 Å². The summed E-state index contributed by atoms with van der Waals surface area (Å²) in [4.78, 5) is 23.8. The van der Waals surface area contributed by atoms with Gasteiger partial charge in [-0.05, 0) is 36.6 Å². The van der Waals surface area contributed by atoms with E-state index in [4.69, 9.17) is 5.26 Å². The lowest BCUT2D eigenvalue weighted by Gasteiger charge is -2.03. The Hall–Kier alpha value is -2.59. The van der Waals surface area contributed by atoms with Gasteiger partial charge in [0.05, 0.1) is 11.6 Å². The van der Waals surface area contributed by atoms with Gasteiger partial charge >= 0.3 is 5.76 Å². The highest BCUT2D eigenvalue weighted by molar-refractivity contribution is 7.83. The minimum absolute atomic E-state index is 0.137. The lowest BCUT2D eigenvalue weighted by molar-refractivity contribution is 0.102. The van der Waals surface area contributed by atoms with E-state index in [1.165, 1.54) is 29.7 Å². The molecular weight excluding hydrogens is 278 g/mol. The number of aromatic nitrogens is 2. The summed E-state index contributed by atoms with van der Waals surface area (Å²) >= 11 is 3.94. The normalized spacial score (nSPS) is 11.2. The minimum atomic E-state index is -0.759. The first kappa shape index (κ1) is 13.8. The molecule has 2 aromatic rings. The average molecular weight is 287 g/mol. The summed E-state index contributed by atoms with van der Waals surface area (Å²) < 4.78 is 5.55. The molecule has 0 aliphatic rings. The first-order chi connectivity index (χ1) is 9.58. The molecule has 0 aliphatic heterocycles. The van der Waals surface area contributed by atoms with Gasteiger partial charge in [0.1, 0.15) is 0 Å². The molecule has 7 heteroatoms. The molecule has 100 valence electrons. The Bertz CT molecular complexity index is 778. The third-order valence-electron chi connectivity index (χ3n) is 2.62. The third-order valence-corrected chi connectivity index (χ3v) is 3.00. The van der Waals surface area contributed by atoms with Gasteiger partial charge in [-0.1, -0.05) is 5.16 Å². The summed E-state index contributed by atoms with van der Waals surface area (Å²) in [6, 6.07) is 7.96. The van der Waals surface area contributed by atoms with Gasteiger partial charge in [0.25, 0.3) is 0 Å².